The van der Waals surface area contributed by atoms with Crippen molar-refractivity contribution in [3.8, 4) is 29.5 Å². The summed E-state index contributed by atoms with van der Waals surface area (Å²) in [6.07, 6.45) is 0.812. The number of hydrogen-bond acceptors (Lipinski definition) is 7. The van der Waals surface area contributed by atoms with Crippen molar-refractivity contribution in [3.63, 3.8) is 0 Å². The molecule has 2 aromatic carbocycles. The zero-order valence-corrected chi connectivity index (χ0v) is 22.9. The van der Waals surface area contributed by atoms with Crippen LogP contribution in [0.25, 0.3) is 11.5 Å². The molecule has 0 N–H and O–H groups in total. The van der Waals surface area contributed by atoms with Gasteiger partial charge in [-0.3, -0.25) is 4.79 Å². The zero-order valence-electron chi connectivity index (χ0n) is 22.1. The van der Waals surface area contributed by atoms with E-state index in [2.05, 4.69) is 10.9 Å². The fourth-order valence-corrected chi connectivity index (χ4v) is 4.77. The molecule has 1 heterocycles. The quantitative estimate of drug-likeness (QED) is 0.231. The number of hydrogen-bond donors (Lipinski definition) is 0. The summed E-state index contributed by atoms with van der Waals surface area (Å²) in [6.45, 7) is 2.49. The standard InChI is InChI=1S/C27H28F3N3O6S/c1-5-14-32(4)40(35,36)33(17-25(34)37-6-2)16-20-8-7-9-23(15-20)38-18-24-19(3)39-26(31-24)21-10-12-22(13-11-21)27(28,29)30/h1,7-13,15H,6,14,16-18H2,2-4H3. The Bertz CT molecular complexity index is 1460. The zero-order chi connectivity index (χ0) is 29.5. The van der Waals surface area contributed by atoms with Crippen LogP contribution in [0.2, 0.25) is 0 Å². The van der Waals surface area contributed by atoms with Gasteiger partial charge in [0.05, 0.1) is 18.7 Å². The maximum absolute atomic E-state index is 13.0. The molecule has 0 saturated heterocycles. The minimum atomic E-state index is -4.45. The third kappa shape index (κ3) is 7.84. The molecule has 0 saturated carbocycles. The summed E-state index contributed by atoms with van der Waals surface area (Å²) in [7, 11) is -2.77. The van der Waals surface area contributed by atoms with Crippen LogP contribution in [0.3, 0.4) is 0 Å². The minimum absolute atomic E-state index is 0.0187. The van der Waals surface area contributed by atoms with Crippen LogP contribution in [0.4, 0.5) is 13.2 Å². The van der Waals surface area contributed by atoms with E-state index in [0.717, 1.165) is 20.7 Å². The van der Waals surface area contributed by atoms with Crippen molar-refractivity contribution in [1.82, 2.24) is 13.6 Å². The lowest BCUT2D eigenvalue weighted by Gasteiger charge is -2.26. The van der Waals surface area contributed by atoms with E-state index >= 15 is 0 Å². The van der Waals surface area contributed by atoms with Crippen LogP contribution in [0.15, 0.2) is 52.9 Å². The van der Waals surface area contributed by atoms with Crippen molar-refractivity contribution < 1.29 is 40.3 Å². The Morgan fingerprint density at radius 3 is 2.50 bits per heavy atom. The van der Waals surface area contributed by atoms with Gasteiger partial charge >= 0.3 is 12.1 Å². The van der Waals surface area contributed by atoms with Crippen LogP contribution in [-0.4, -0.2) is 54.7 Å². The van der Waals surface area contributed by atoms with Crippen LogP contribution in [-0.2, 0) is 39.1 Å². The molecule has 0 amide bonds. The van der Waals surface area contributed by atoms with Crippen LogP contribution in [0.1, 0.15) is 29.5 Å². The molecule has 0 aliphatic carbocycles. The van der Waals surface area contributed by atoms with Gasteiger partial charge in [-0.1, -0.05) is 18.1 Å². The SMILES string of the molecule is C#CCN(C)S(=O)(=O)N(CC(=O)OCC)Cc1cccc(OCc2nc(-c3ccc(C(F)(F)F)cc3)oc2C)c1. The second-order valence-electron chi connectivity index (χ2n) is 8.57. The number of aryl methyl sites for hydroxylation is 1. The van der Waals surface area contributed by atoms with Crippen LogP contribution in [0.5, 0.6) is 5.75 Å². The molecule has 0 spiro atoms. The van der Waals surface area contributed by atoms with Gasteiger partial charge in [-0.2, -0.15) is 30.2 Å². The van der Waals surface area contributed by atoms with E-state index in [1.54, 1.807) is 38.1 Å². The van der Waals surface area contributed by atoms with Gasteiger partial charge in [0.1, 0.15) is 30.4 Å². The van der Waals surface area contributed by atoms with Crippen LogP contribution in [0, 0.1) is 19.3 Å². The Morgan fingerprint density at radius 2 is 1.88 bits per heavy atom. The second kappa shape index (κ2) is 13.0. The van der Waals surface area contributed by atoms with E-state index in [4.69, 9.17) is 20.3 Å². The number of nitrogens with zero attached hydrogens (tertiary/aromatic N) is 3. The van der Waals surface area contributed by atoms with Gasteiger partial charge < -0.3 is 13.9 Å². The number of alkyl halides is 3. The molecule has 13 heteroatoms. The number of esters is 1. The highest BCUT2D eigenvalue weighted by Gasteiger charge is 2.31. The maximum Gasteiger partial charge on any atom is 0.416 e. The molecule has 0 aliphatic heterocycles. The minimum Gasteiger partial charge on any atom is -0.487 e. The number of benzene rings is 2. The number of carbonyl (C=O) groups excluding carboxylic acids is 1. The first-order valence-electron chi connectivity index (χ1n) is 12.0. The molecule has 0 radical (unpaired) electrons. The van der Waals surface area contributed by atoms with Crippen molar-refractivity contribution in [2.45, 2.75) is 33.2 Å². The fourth-order valence-electron chi connectivity index (χ4n) is 3.55. The molecule has 1 aromatic heterocycles. The summed E-state index contributed by atoms with van der Waals surface area (Å²) >= 11 is 0. The van der Waals surface area contributed by atoms with Gasteiger partial charge in [-0.15, -0.1) is 6.42 Å². The Hall–Kier alpha value is -3.86. The molecule has 0 aliphatic rings. The predicted molar refractivity (Wildman–Crippen MR) is 140 cm³/mol. The van der Waals surface area contributed by atoms with Crippen molar-refractivity contribution in [3.05, 3.63) is 71.1 Å². The van der Waals surface area contributed by atoms with E-state index in [1.165, 1.54) is 19.2 Å². The molecule has 0 fully saturated rings. The third-order valence-electron chi connectivity index (χ3n) is 5.63. The number of aromatic nitrogens is 1. The molecule has 9 nitrogen and oxygen atoms in total. The monoisotopic (exact) mass is 579 g/mol. The fraction of sp³-hybridized carbons (Fsp3) is 0.333. The van der Waals surface area contributed by atoms with E-state index in [9.17, 15) is 26.4 Å². The molecule has 3 aromatic rings. The smallest absolute Gasteiger partial charge is 0.416 e. The average Bonchev–Trinajstić information content (AvgIpc) is 3.27. The third-order valence-corrected chi connectivity index (χ3v) is 7.46. The summed E-state index contributed by atoms with van der Waals surface area (Å²) in [5.41, 5.74) is 0.561. The molecule has 0 bridgehead atoms. The summed E-state index contributed by atoms with van der Waals surface area (Å²) in [6, 6.07) is 11.1. The first kappa shape index (κ1) is 30.7. The lowest BCUT2D eigenvalue weighted by molar-refractivity contribution is -0.143. The Morgan fingerprint density at radius 1 is 1.18 bits per heavy atom. The maximum atomic E-state index is 13.0. The van der Waals surface area contributed by atoms with Crippen LogP contribution >= 0.6 is 0 Å². The Balaban J connectivity index is 1.74. The number of oxazole rings is 1. The van der Waals surface area contributed by atoms with Crippen molar-refractivity contribution in [2.24, 2.45) is 0 Å². The molecule has 0 unspecified atom stereocenters. The number of rotatable bonds is 12. The molecule has 3 rings (SSSR count). The van der Waals surface area contributed by atoms with Gasteiger partial charge in [0.25, 0.3) is 10.2 Å². The molecule has 40 heavy (non-hydrogen) atoms. The van der Waals surface area contributed by atoms with E-state index in [1.807, 2.05) is 0 Å². The lowest BCUT2D eigenvalue weighted by atomic mass is 10.1. The molecule has 214 valence electrons. The molecular weight excluding hydrogens is 551 g/mol. The first-order valence-corrected chi connectivity index (χ1v) is 13.4. The second-order valence-corrected chi connectivity index (χ2v) is 10.6. The largest absolute Gasteiger partial charge is 0.487 e. The highest BCUT2D eigenvalue weighted by atomic mass is 32.2. The van der Waals surface area contributed by atoms with Gasteiger partial charge in [0, 0.05) is 19.2 Å². The summed E-state index contributed by atoms with van der Waals surface area (Å²) in [5, 5.41) is 0. The van der Waals surface area contributed by atoms with Crippen molar-refractivity contribution in [1.29, 1.82) is 0 Å². The average molecular weight is 580 g/mol. The number of terminal acetylenes is 1. The van der Waals surface area contributed by atoms with E-state index in [0.29, 0.717) is 28.3 Å². The lowest BCUT2D eigenvalue weighted by Crippen LogP contribution is -2.44. The van der Waals surface area contributed by atoms with E-state index in [-0.39, 0.29) is 32.2 Å². The summed E-state index contributed by atoms with van der Waals surface area (Å²) in [4.78, 5) is 16.5. The molecule has 0 atom stereocenters. The van der Waals surface area contributed by atoms with Gasteiger partial charge in [0.2, 0.25) is 5.89 Å². The Kier molecular flexibility index (Phi) is 9.97. The normalized spacial score (nSPS) is 12.0. The Labute approximate surface area is 230 Å². The predicted octanol–water partition coefficient (Wildman–Crippen LogP) is 4.42. The van der Waals surface area contributed by atoms with E-state index < -0.39 is 34.5 Å². The number of halogens is 3. The highest BCUT2D eigenvalue weighted by Crippen LogP contribution is 2.31. The van der Waals surface area contributed by atoms with Crippen molar-refractivity contribution in [2.75, 3.05) is 26.7 Å². The first-order chi connectivity index (χ1) is 18.8. The van der Waals surface area contributed by atoms with Gasteiger partial charge in [0.15, 0.2) is 0 Å². The van der Waals surface area contributed by atoms with Crippen molar-refractivity contribution >= 4 is 16.2 Å². The topological polar surface area (TPSA) is 102 Å². The van der Waals surface area contributed by atoms with Gasteiger partial charge in [-0.05, 0) is 55.8 Å². The number of ether oxygens (including phenoxy) is 2. The summed E-state index contributed by atoms with van der Waals surface area (Å²) in [5.74, 6) is 2.52. The summed E-state index contributed by atoms with van der Waals surface area (Å²) < 4.78 is 82.9. The van der Waals surface area contributed by atoms with Gasteiger partial charge in [-0.25, -0.2) is 4.98 Å². The van der Waals surface area contributed by atoms with Crippen LogP contribution < -0.4 is 4.74 Å². The molecular formula is C27H28F3N3O6S. The number of carbonyl (C=O) groups is 1. The highest BCUT2D eigenvalue weighted by molar-refractivity contribution is 7.86.